The van der Waals surface area contributed by atoms with Crippen LogP contribution in [-0.2, 0) is 5.75 Å². The van der Waals surface area contributed by atoms with E-state index in [1.807, 2.05) is 67.0 Å². The lowest BCUT2D eigenvalue weighted by Gasteiger charge is -2.13. The van der Waals surface area contributed by atoms with Crippen molar-refractivity contribution in [1.82, 2.24) is 18.9 Å². The van der Waals surface area contributed by atoms with E-state index in [0.717, 1.165) is 28.2 Å². The summed E-state index contributed by atoms with van der Waals surface area (Å²) in [5.41, 5.74) is 5.34. The second-order valence-electron chi connectivity index (χ2n) is 7.48. The molecule has 5 rings (SSSR count). The molecule has 0 radical (unpaired) electrons. The van der Waals surface area contributed by atoms with Gasteiger partial charge in [-0.1, -0.05) is 41.6 Å². The van der Waals surface area contributed by atoms with Crippen molar-refractivity contribution in [2.75, 3.05) is 0 Å². The van der Waals surface area contributed by atoms with Gasteiger partial charge in [0.25, 0.3) is 5.56 Å². The lowest BCUT2D eigenvalue weighted by molar-refractivity contribution is 0.818. The highest BCUT2D eigenvalue weighted by molar-refractivity contribution is 7.98. The number of hydrogen-bond acceptors (Lipinski definition) is 4. The summed E-state index contributed by atoms with van der Waals surface area (Å²) in [4.78, 5) is 23.0. The summed E-state index contributed by atoms with van der Waals surface area (Å²) in [6, 6.07) is 17.1. The molecule has 5 nitrogen and oxygen atoms in total. The molecule has 7 heteroatoms. The highest BCUT2D eigenvalue weighted by atomic mass is 35.5. The van der Waals surface area contributed by atoms with Crippen LogP contribution in [0, 0.1) is 13.8 Å². The highest BCUT2D eigenvalue weighted by Gasteiger charge is 2.15. The fourth-order valence-electron chi connectivity index (χ4n) is 3.64. The molecule has 0 unspecified atom stereocenters. The van der Waals surface area contributed by atoms with Gasteiger partial charge >= 0.3 is 0 Å². The van der Waals surface area contributed by atoms with Crippen LogP contribution in [0.25, 0.3) is 22.2 Å². The Morgan fingerprint density at radius 1 is 1.03 bits per heavy atom. The van der Waals surface area contributed by atoms with Crippen molar-refractivity contribution in [2.45, 2.75) is 24.8 Å². The van der Waals surface area contributed by atoms with Crippen molar-refractivity contribution >= 4 is 39.9 Å². The number of benzene rings is 2. The smallest absolute Gasteiger partial charge is 0.266 e. The average molecular weight is 447 g/mol. The van der Waals surface area contributed by atoms with Crippen LogP contribution in [0.1, 0.15) is 16.8 Å². The van der Waals surface area contributed by atoms with Crippen LogP contribution in [-0.4, -0.2) is 18.9 Å². The van der Waals surface area contributed by atoms with E-state index < -0.39 is 0 Å². The van der Waals surface area contributed by atoms with Gasteiger partial charge in [-0.3, -0.25) is 9.36 Å². The van der Waals surface area contributed by atoms with Crippen molar-refractivity contribution in [1.29, 1.82) is 0 Å². The molecule has 154 valence electrons. The molecule has 0 spiro atoms. The van der Waals surface area contributed by atoms with Gasteiger partial charge in [0.15, 0.2) is 5.16 Å². The number of fused-ring (bicyclic) bond motifs is 2. The molecule has 0 amide bonds. The molecular formula is C24H19ClN4OS. The van der Waals surface area contributed by atoms with Gasteiger partial charge in [0, 0.05) is 23.2 Å². The van der Waals surface area contributed by atoms with Gasteiger partial charge in [-0.25, -0.2) is 9.97 Å². The topological polar surface area (TPSA) is 52.2 Å². The SMILES string of the molecule is Cc1cccc(-n2c(SCc3cn4cccc(C)c4n3)nc3cc(Cl)ccc3c2=O)c1. The van der Waals surface area contributed by atoms with Gasteiger partial charge in [0.1, 0.15) is 5.65 Å². The third-order valence-corrected chi connectivity index (χ3v) is 6.34. The largest absolute Gasteiger partial charge is 0.307 e. The number of thioether (sulfide) groups is 1. The summed E-state index contributed by atoms with van der Waals surface area (Å²) in [7, 11) is 0. The minimum Gasteiger partial charge on any atom is -0.307 e. The number of nitrogens with zero attached hydrogens (tertiary/aromatic N) is 4. The summed E-state index contributed by atoms with van der Waals surface area (Å²) in [6.07, 6.45) is 4.00. The van der Waals surface area contributed by atoms with Crippen LogP contribution >= 0.6 is 23.4 Å². The first-order valence-electron chi connectivity index (χ1n) is 9.85. The Hall–Kier alpha value is -3.09. The average Bonchev–Trinajstić information content (AvgIpc) is 3.16. The van der Waals surface area contributed by atoms with Crippen molar-refractivity contribution in [2.24, 2.45) is 0 Å². The lowest BCUT2D eigenvalue weighted by atomic mass is 10.2. The van der Waals surface area contributed by atoms with Crippen LogP contribution in [0.5, 0.6) is 0 Å². The van der Waals surface area contributed by atoms with Crippen LogP contribution in [0.4, 0.5) is 0 Å². The molecule has 0 saturated carbocycles. The summed E-state index contributed by atoms with van der Waals surface area (Å²) in [5, 5.41) is 1.71. The zero-order valence-electron chi connectivity index (χ0n) is 17.0. The van der Waals surface area contributed by atoms with Gasteiger partial charge in [-0.05, 0) is 61.4 Å². The molecule has 5 aromatic rings. The molecule has 0 N–H and O–H groups in total. The standard InChI is InChI=1S/C24H19ClN4OS/c1-15-5-3-7-19(11-15)29-23(30)20-9-8-17(25)12-21(20)27-24(29)31-14-18-13-28-10-4-6-16(2)22(28)26-18/h3-13H,14H2,1-2H3. The molecule has 0 aliphatic rings. The Morgan fingerprint density at radius 2 is 1.90 bits per heavy atom. The predicted molar refractivity (Wildman–Crippen MR) is 127 cm³/mol. The Labute approximate surface area is 188 Å². The van der Waals surface area contributed by atoms with Gasteiger partial charge in [-0.15, -0.1) is 0 Å². The second kappa shape index (κ2) is 7.87. The minimum atomic E-state index is -0.111. The first-order chi connectivity index (χ1) is 15.0. The summed E-state index contributed by atoms with van der Waals surface area (Å²) in [5.74, 6) is 0.589. The molecule has 3 aromatic heterocycles. The maximum absolute atomic E-state index is 13.4. The normalized spacial score (nSPS) is 11.5. The van der Waals surface area contributed by atoms with E-state index in [1.54, 1.807) is 22.8 Å². The fraction of sp³-hybridized carbons (Fsp3) is 0.125. The number of aromatic nitrogens is 4. The summed E-state index contributed by atoms with van der Waals surface area (Å²) >= 11 is 7.66. The number of aryl methyl sites for hydroxylation is 2. The zero-order valence-corrected chi connectivity index (χ0v) is 18.6. The Kier molecular flexibility index (Phi) is 5.04. The third-order valence-electron chi connectivity index (χ3n) is 5.14. The molecule has 3 heterocycles. The lowest BCUT2D eigenvalue weighted by Crippen LogP contribution is -2.21. The van der Waals surface area contributed by atoms with Crippen molar-refractivity contribution in [3.05, 3.63) is 99.2 Å². The molecule has 0 saturated heterocycles. The van der Waals surface area contributed by atoms with Crippen LogP contribution < -0.4 is 5.56 Å². The van der Waals surface area contributed by atoms with E-state index in [1.165, 1.54) is 11.8 Å². The van der Waals surface area contributed by atoms with Crippen molar-refractivity contribution < 1.29 is 0 Å². The number of rotatable bonds is 4. The third kappa shape index (κ3) is 3.73. The van der Waals surface area contributed by atoms with Gasteiger partial charge in [0.05, 0.1) is 22.3 Å². The Bertz CT molecular complexity index is 1510. The first-order valence-corrected chi connectivity index (χ1v) is 11.2. The Balaban J connectivity index is 1.62. The fourth-order valence-corrected chi connectivity index (χ4v) is 4.71. The molecule has 0 aliphatic carbocycles. The molecular weight excluding hydrogens is 428 g/mol. The van der Waals surface area contributed by atoms with Crippen LogP contribution in [0.15, 0.2) is 76.9 Å². The second-order valence-corrected chi connectivity index (χ2v) is 8.86. The quantitative estimate of drug-likeness (QED) is 0.266. The van der Waals surface area contributed by atoms with Gasteiger partial charge < -0.3 is 4.40 Å². The first kappa shape index (κ1) is 19.8. The molecule has 0 fully saturated rings. The number of pyridine rings is 1. The van der Waals surface area contributed by atoms with E-state index >= 15 is 0 Å². The van der Waals surface area contributed by atoms with E-state index in [2.05, 4.69) is 0 Å². The molecule has 2 aromatic carbocycles. The molecule has 31 heavy (non-hydrogen) atoms. The van der Waals surface area contributed by atoms with E-state index in [4.69, 9.17) is 21.6 Å². The number of hydrogen-bond donors (Lipinski definition) is 0. The molecule has 0 bridgehead atoms. The zero-order chi connectivity index (χ0) is 21.5. The molecule has 0 aliphatic heterocycles. The highest BCUT2D eigenvalue weighted by Crippen LogP contribution is 2.26. The van der Waals surface area contributed by atoms with Gasteiger partial charge in [0.2, 0.25) is 0 Å². The summed E-state index contributed by atoms with van der Waals surface area (Å²) < 4.78 is 3.70. The van der Waals surface area contributed by atoms with Crippen molar-refractivity contribution in [3.63, 3.8) is 0 Å². The van der Waals surface area contributed by atoms with Crippen molar-refractivity contribution in [3.8, 4) is 5.69 Å². The minimum absolute atomic E-state index is 0.111. The monoisotopic (exact) mass is 446 g/mol. The maximum atomic E-state index is 13.4. The van der Waals surface area contributed by atoms with Crippen LogP contribution in [0.3, 0.4) is 0 Å². The predicted octanol–water partition coefficient (Wildman–Crippen LogP) is 5.60. The Morgan fingerprint density at radius 3 is 2.71 bits per heavy atom. The van der Waals surface area contributed by atoms with E-state index in [-0.39, 0.29) is 5.56 Å². The van der Waals surface area contributed by atoms with E-state index in [9.17, 15) is 4.79 Å². The maximum Gasteiger partial charge on any atom is 0.266 e. The van der Waals surface area contributed by atoms with Gasteiger partial charge in [-0.2, -0.15) is 0 Å². The van der Waals surface area contributed by atoms with E-state index in [0.29, 0.717) is 26.8 Å². The van der Waals surface area contributed by atoms with Crippen LogP contribution in [0.2, 0.25) is 5.02 Å². The summed E-state index contributed by atoms with van der Waals surface area (Å²) in [6.45, 7) is 4.05. The number of imidazole rings is 1. The number of halogens is 1. The molecule has 0 atom stereocenters.